The molecule has 1 heterocycles. The average Bonchev–Trinajstić information content (AvgIpc) is 2.33. The highest BCUT2D eigenvalue weighted by molar-refractivity contribution is 5.34. The molecular formula is C11H7F4N3O. The second-order valence-corrected chi connectivity index (χ2v) is 3.51. The van der Waals surface area contributed by atoms with E-state index >= 15 is 0 Å². The largest absolute Gasteiger partial charge is 0.436 e. The van der Waals surface area contributed by atoms with Gasteiger partial charge in [-0.1, -0.05) is 6.07 Å². The lowest BCUT2D eigenvalue weighted by atomic mass is 10.2. The zero-order chi connectivity index (χ0) is 14.0. The molecule has 100 valence electrons. The first-order valence-electron chi connectivity index (χ1n) is 4.99. The predicted molar refractivity (Wildman–Crippen MR) is 57.9 cm³/mol. The van der Waals surface area contributed by atoms with Gasteiger partial charge >= 0.3 is 6.18 Å². The molecule has 0 radical (unpaired) electrons. The fourth-order valence-corrected chi connectivity index (χ4v) is 1.28. The number of halogens is 4. The molecule has 1 aromatic carbocycles. The Morgan fingerprint density at radius 1 is 1.21 bits per heavy atom. The van der Waals surface area contributed by atoms with Gasteiger partial charge in [0, 0.05) is 0 Å². The number of rotatable bonds is 2. The van der Waals surface area contributed by atoms with Crippen LogP contribution < -0.4 is 10.5 Å². The van der Waals surface area contributed by atoms with Gasteiger partial charge in [0.2, 0.25) is 11.8 Å². The molecule has 0 spiro atoms. The van der Waals surface area contributed by atoms with Crippen molar-refractivity contribution in [1.29, 1.82) is 0 Å². The predicted octanol–water partition coefficient (Wildman–Crippen LogP) is 3.01. The van der Waals surface area contributed by atoms with Crippen LogP contribution in [0.3, 0.4) is 0 Å². The number of nitrogens with two attached hydrogens (primary N) is 1. The smallest absolute Gasteiger partial charge is 0.416 e. The number of nitrogens with zero attached hydrogens (tertiary/aromatic N) is 2. The average molecular weight is 273 g/mol. The van der Waals surface area contributed by atoms with Gasteiger partial charge in [-0.3, -0.25) is 0 Å². The number of aromatic nitrogens is 2. The Hall–Kier alpha value is -2.38. The van der Waals surface area contributed by atoms with Crippen LogP contribution >= 0.6 is 0 Å². The second-order valence-electron chi connectivity index (χ2n) is 3.51. The maximum absolute atomic E-state index is 13.3. The summed E-state index contributed by atoms with van der Waals surface area (Å²) in [6.07, 6.45) is -3.74. The van der Waals surface area contributed by atoms with Crippen LogP contribution in [0.5, 0.6) is 11.6 Å². The summed E-state index contributed by atoms with van der Waals surface area (Å²) in [5, 5.41) is 0. The van der Waals surface area contributed by atoms with Crippen LogP contribution in [-0.2, 0) is 6.18 Å². The summed E-state index contributed by atoms with van der Waals surface area (Å²) in [6.45, 7) is 0. The molecule has 0 unspecified atom stereocenters. The highest BCUT2D eigenvalue weighted by atomic mass is 19.4. The maximum atomic E-state index is 13.3. The standard InChI is InChI=1S/C11H7F4N3O/c12-8-5-17-10(16)18-9(8)19-7-3-1-2-6(4-7)11(13,14)15/h1-5H,(H2,16,17,18). The Bertz CT molecular complexity index is 601. The SMILES string of the molecule is Nc1ncc(F)c(Oc2cccc(C(F)(F)F)c2)n1. The number of hydrogen-bond acceptors (Lipinski definition) is 4. The monoisotopic (exact) mass is 273 g/mol. The lowest BCUT2D eigenvalue weighted by Crippen LogP contribution is -2.05. The third-order valence-corrected chi connectivity index (χ3v) is 2.11. The van der Waals surface area contributed by atoms with E-state index in [1.165, 1.54) is 6.07 Å². The van der Waals surface area contributed by atoms with Crippen LogP contribution in [0.1, 0.15) is 5.56 Å². The third-order valence-electron chi connectivity index (χ3n) is 2.11. The van der Waals surface area contributed by atoms with E-state index in [4.69, 9.17) is 10.5 Å². The first-order valence-corrected chi connectivity index (χ1v) is 4.99. The molecule has 0 saturated heterocycles. The van der Waals surface area contributed by atoms with Gasteiger partial charge in [-0.15, -0.1) is 0 Å². The number of alkyl halides is 3. The normalized spacial score (nSPS) is 11.4. The van der Waals surface area contributed by atoms with Gasteiger partial charge in [-0.05, 0) is 18.2 Å². The van der Waals surface area contributed by atoms with Gasteiger partial charge in [-0.25, -0.2) is 4.98 Å². The maximum Gasteiger partial charge on any atom is 0.416 e. The molecule has 0 aliphatic heterocycles. The fourth-order valence-electron chi connectivity index (χ4n) is 1.28. The Morgan fingerprint density at radius 3 is 2.63 bits per heavy atom. The van der Waals surface area contributed by atoms with Gasteiger partial charge < -0.3 is 10.5 Å². The zero-order valence-corrected chi connectivity index (χ0v) is 9.28. The van der Waals surface area contributed by atoms with Crippen molar-refractivity contribution in [3.8, 4) is 11.6 Å². The van der Waals surface area contributed by atoms with Crippen molar-refractivity contribution < 1.29 is 22.3 Å². The van der Waals surface area contributed by atoms with Crippen LogP contribution in [0.2, 0.25) is 0 Å². The molecule has 0 atom stereocenters. The van der Waals surface area contributed by atoms with E-state index in [0.29, 0.717) is 0 Å². The second kappa shape index (κ2) is 4.71. The number of nitrogen functional groups attached to an aromatic ring is 1. The van der Waals surface area contributed by atoms with Crippen LogP contribution in [0.25, 0.3) is 0 Å². The molecule has 8 heteroatoms. The molecule has 0 aliphatic carbocycles. The van der Waals surface area contributed by atoms with Crippen LogP contribution in [0.4, 0.5) is 23.5 Å². The van der Waals surface area contributed by atoms with E-state index in [-0.39, 0.29) is 11.7 Å². The number of anilines is 1. The Kier molecular flexibility index (Phi) is 3.24. The van der Waals surface area contributed by atoms with Gasteiger partial charge in [0.1, 0.15) is 5.75 Å². The minimum Gasteiger partial charge on any atom is -0.436 e. The van der Waals surface area contributed by atoms with Crippen LogP contribution in [0, 0.1) is 5.82 Å². The molecule has 2 N–H and O–H groups in total. The van der Waals surface area contributed by atoms with Crippen LogP contribution in [0.15, 0.2) is 30.5 Å². The van der Waals surface area contributed by atoms with Crippen molar-refractivity contribution in [3.63, 3.8) is 0 Å². The summed E-state index contributed by atoms with van der Waals surface area (Å²) in [7, 11) is 0. The van der Waals surface area contributed by atoms with Gasteiger partial charge in [0.15, 0.2) is 0 Å². The Balaban J connectivity index is 2.31. The molecule has 0 amide bonds. The summed E-state index contributed by atoms with van der Waals surface area (Å²) in [6, 6.07) is 3.99. The molecular weight excluding hydrogens is 266 g/mol. The zero-order valence-electron chi connectivity index (χ0n) is 9.28. The van der Waals surface area contributed by atoms with Crippen molar-refractivity contribution >= 4 is 5.95 Å². The van der Waals surface area contributed by atoms with Gasteiger partial charge in [-0.2, -0.15) is 22.5 Å². The fraction of sp³-hybridized carbons (Fsp3) is 0.0909. The molecule has 0 fully saturated rings. The highest BCUT2D eigenvalue weighted by Crippen LogP contribution is 2.32. The molecule has 2 rings (SSSR count). The van der Waals surface area contributed by atoms with E-state index in [1.807, 2.05) is 0 Å². The quantitative estimate of drug-likeness (QED) is 0.854. The number of hydrogen-bond donors (Lipinski definition) is 1. The first-order chi connectivity index (χ1) is 8.86. The van der Waals surface area contributed by atoms with Gasteiger partial charge in [0.05, 0.1) is 11.8 Å². The summed E-state index contributed by atoms with van der Waals surface area (Å²) >= 11 is 0. The lowest BCUT2D eigenvalue weighted by Gasteiger charge is -2.09. The van der Waals surface area contributed by atoms with Crippen molar-refractivity contribution in [2.45, 2.75) is 6.18 Å². The lowest BCUT2D eigenvalue weighted by molar-refractivity contribution is -0.137. The van der Waals surface area contributed by atoms with E-state index < -0.39 is 23.4 Å². The highest BCUT2D eigenvalue weighted by Gasteiger charge is 2.30. The summed E-state index contributed by atoms with van der Waals surface area (Å²) in [5.41, 5.74) is 4.32. The minimum absolute atomic E-state index is 0.202. The molecule has 4 nitrogen and oxygen atoms in total. The number of benzene rings is 1. The van der Waals surface area contributed by atoms with Crippen molar-refractivity contribution in [3.05, 3.63) is 41.8 Å². The van der Waals surface area contributed by atoms with E-state index in [0.717, 1.165) is 24.4 Å². The third kappa shape index (κ3) is 3.09. The molecule has 1 aromatic heterocycles. The summed E-state index contributed by atoms with van der Waals surface area (Å²) in [5.74, 6) is -1.91. The summed E-state index contributed by atoms with van der Waals surface area (Å²) < 4.78 is 55.6. The topological polar surface area (TPSA) is 61.0 Å². The number of ether oxygens (including phenoxy) is 1. The van der Waals surface area contributed by atoms with Crippen molar-refractivity contribution in [2.75, 3.05) is 5.73 Å². The molecule has 0 bridgehead atoms. The van der Waals surface area contributed by atoms with Gasteiger partial charge in [0.25, 0.3) is 5.88 Å². The summed E-state index contributed by atoms with van der Waals surface area (Å²) in [4.78, 5) is 6.82. The molecule has 0 saturated carbocycles. The molecule has 19 heavy (non-hydrogen) atoms. The van der Waals surface area contributed by atoms with E-state index in [2.05, 4.69) is 9.97 Å². The Morgan fingerprint density at radius 2 is 1.95 bits per heavy atom. The molecule has 2 aromatic rings. The van der Waals surface area contributed by atoms with Crippen LogP contribution in [-0.4, -0.2) is 9.97 Å². The van der Waals surface area contributed by atoms with E-state index in [1.54, 1.807) is 0 Å². The molecule has 0 aliphatic rings. The Labute approximate surface area is 104 Å². The first kappa shape index (κ1) is 13.1. The van der Waals surface area contributed by atoms with Crippen molar-refractivity contribution in [1.82, 2.24) is 9.97 Å². The van der Waals surface area contributed by atoms with E-state index in [9.17, 15) is 17.6 Å². The van der Waals surface area contributed by atoms with Crippen molar-refractivity contribution in [2.24, 2.45) is 0 Å². The minimum atomic E-state index is -4.51.